The van der Waals surface area contributed by atoms with Crippen LogP contribution in [0.4, 0.5) is 19.0 Å². The minimum atomic E-state index is -5.29. The maximum atomic E-state index is 12.6. The zero-order valence-electron chi connectivity index (χ0n) is 22.0. The quantitative estimate of drug-likeness (QED) is 0.266. The first-order valence-electron chi connectivity index (χ1n) is 12.7. The molecule has 3 aromatic rings. The number of fused-ring (bicyclic) bond motifs is 1. The molecule has 10 nitrogen and oxygen atoms in total. The van der Waals surface area contributed by atoms with Gasteiger partial charge in [-0.2, -0.15) is 18.2 Å². The fraction of sp³-hybridized carbons (Fsp3) is 0.444. The van der Waals surface area contributed by atoms with E-state index in [0.29, 0.717) is 35.7 Å². The first-order valence-corrected chi connectivity index (χ1v) is 12.7. The summed E-state index contributed by atoms with van der Waals surface area (Å²) in [5, 5.41) is 7.32. The van der Waals surface area contributed by atoms with Crippen molar-refractivity contribution < 1.29 is 41.5 Å². The minimum Gasteiger partial charge on any atom is -0.493 e. The number of rotatable bonds is 11. The molecule has 1 aliphatic rings. The van der Waals surface area contributed by atoms with E-state index >= 15 is 0 Å². The molecule has 1 N–H and O–H groups in total. The molecule has 0 fully saturated rings. The van der Waals surface area contributed by atoms with Crippen LogP contribution in [0.3, 0.4) is 0 Å². The number of anilines is 1. The molecule has 0 saturated carbocycles. The number of hydrogen-bond acceptors (Lipinski definition) is 10. The second-order valence-corrected chi connectivity index (χ2v) is 9.28. The lowest BCUT2D eigenvalue weighted by molar-refractivity contribution is -0.202. The molecule has 1 unspecified atom stereocenters. The van der Waals surface area contributed by atoms with Crippen molar-refractivity contribution in [2.75, 3.05) is 26.1 Å². The van der Waals surface area contributed by atoms with E-state index in [1.807, 2.05) is 6.07 Å². The number of pyridine rings is 1. The van der Waals surface area contributed by atoms with Crippen molar-refractivity contribution in [3.63, 3.8) is 0 Å². The number of benzene rings is 1. The standard InChI is InChI=1S/C27H29F3N4O6/c1-37-20-11-9-17(13-21(20)38-2)18(15-24(35)39-26(36)27(28,29)30)14-23-33-22(34-40-23)7-3-6-19-10-8-16-5-4-12-31-25(16)32-19/h8-11,13,18H,3-7,12,14-15H2,1-2H3,(H,31,32). The third-order valence-electron chi connectivity index (χ3n) is 6.45. The van der Waals surface area contributed by atoms with Gasteiger partial charge < -0.3 is 24.1 Å². The molecule has 0 saturated heterocycles. The smallest absolute Gasteiger partial charge is 0.491 e. The first kappa shape index (κ1) is 28.8. The van der Waals surface area contributed by atoms with Crippen LogP contribution in [0, 0.1) is 0 Å². The largest absolute Gasteiger partial charge is 0.493 e. The van der Waals surface area contributed by atoms with Gasteiger partial charge in [0.1, 0.15) is 5.82 Å². The molecule has 0 radical (unpaired) electrons. The van der Waals surface area contributed by atoms with Gasteiger partial charge in [0.15, 0.2) is 17.3 Å². The number of hydrogen-bond donors (Lipinski definition) is 1. The number of halogens is 3. The Morgan fingerprint density at radius 2 is 1.88 bits per heavy atom. The van der Waals surface area contributed by atoms with Crippen molar-refractivity contribution in [1.29, 1.82) is 0 Å². The Morgan fingerprint density at radius 1 is 1.07 bits per heavy atom. The molecule has 1 atom stereocenters. The van der Waals surface area contributed by atoms with Crippen LogP contribution in [0.1, 0.15) is 53.7 Å². The number of aromatic nitrogens is 3. The Morgan fingerprint density at radius 3 is 2.62 bits per heavy atom. The van der Waals surface area contributed by atoms with Crippen LogP contribution in [0.5, 0.6) is 11.5 Å². The van der Waals surface area contributed by atoms with Crippen LogP contribution in [-0.2, 0) is 40.0 Å². The van der Waals surface area contributed by atoms with Gasteiger partial charge in [-0.3, -0.25) is 4.79 Å². The van der Waals surface area contributed by atoms with E-state index in [-0.39, 0.29) is 12.3 Å². The van der Waals surface area contributed by atoms with E-state index in [2.05, 4.69) is 31.2 Å². The van der Waals surface area contributed by atoms with Crippen LogP contribution < -0.4 is 14.8 Å². The highest BCUT2D eigenvalue weighted by atomic mass is 19.4. The lowest BCUT2D eigenvalue weighted by Gasteiger charge is -2.17. The van der Waals surface area contributed by atoms with Gasteiger partial charge in [-0.1, -0.05) is 17.3 Å². The summed E-state index contributed by atoms with van der Waals surface area (Å²) in [7, 11) is 2.88. The van der Waals surface area contributed by atoms with Crippen molar-refractivity contribution in [3.05, 3.63) is 58.9 Å². The summed E-state index contributed by atoms with van der Waals surface area (Å²) in [6.07, 6.45) is -1.78. The molecule has 13 heteroatoms. The molecule has 0 bridgehead atoms. The monoisotopic (exact) mass is 562 g/mol. The Balaban J connectivity index is 1.42. The van der Waals surface area contributed by atoms with E-state index in [9.17, 15) is 22.8 Å². The second-order valence-electron chi connectivity index (χ2n) is 9.28. The number of esters is 2. The van der Waals surface area contributed by atoms with Crippen LogP contribution in [0.25, 0.3) is 0 Å². The molecule has 4 rings (SSSR count). The zero-order chi connectivity index (χ0) is 28.7. The summed E-state index contributed by atoms with van der Waals surface area (Å²) < 4.78 is 57.7. The van der Waals surface area contributed by atoms with Crippen molar-refractivity contribution in [1.82, 2.24) is 15.1 Å². The van der Waals surface area contributed by atoms with Gasteiger partial charge in [0.2, 0.25) is 5.89 Å². The van der Waals surface area contributed by atoms with Gasteiger partial charge in [0.05, 0.1) is 20.6 Å². The summed E-state index contributed by atoms with van der Waals surface area (Å²) in [6, 6.07) is 8.92. The van der Waals surface area contributed by atoms with Gasteiger partial charge in [-0.25, -0.2) is 9.78 Å². The van der Waals surface area contributed by atoms with Gasteiger partial charge in [-0.15, -0.1) is 0 Å². The number of nitrogens with one attached hydrogen (secondary N) is 1. The first-order chi connectivity index (χ1) is 19.2. The molecule has 1 aliphatic heterocycles. The molecule has 0 amide bonds. The van der Waals surface area contributed by atoms with Gasteiger partial charge in [0, 0.05) is 31.0 Å². The normalized spacial score (nSPS) is 13.6. The van der Waals surface area contributed by atoms with Crippen molar-refractivity contribution in [2.45, 2.75) is 57.0 Å². The lowest BCUT2D eigenvalue weighted by Crippen LogP contribution is -2.28. The van der Waals surface area contributed by atoms with E-state index < -0.39 is 30.5 Å². The number of carbonyl (C=O) groups excluding carboxylic acids is 2. The fourth-order valence-electron chi connectivity index (χ4n) is 4.44. The highest BCUT2D eigenvalue weighted by Gasteiger charge is 2.42. The van der Waals surface area contributed by atoms with E-state index in [1.54, 1.807) is 18.2 Å². The highest BCUT2D eigenvalue weighted by molar-refractivity contribution is 5.88. The predicted molar refractivity (Wildman–Crippen MR) is 135 cm³/mol. The number of methoxy groups -OCH3 is 2. The van der Waals surface area contributed by atoms with E-state index in [4.69, 9.17) is 14.0 Å². The lowest BCUT2D eigenvalue weighted by atomic mass is 9.92. The number of carbonyl (C=O) groups is 2. The van der Waals surface area contributed by atoms with Crippen molar-refractivity contribution in [3.8, 4) is 11.5 Å². The predicted octanol–water partition coefficient (Wildman–Crippen LogP) is 4.36. The van der Waals surface area contributed by atoms with Crippen molar-refractivity contribution in [2.24, 2.45) is 0 Å². The van der Waals surface area contributed by atoms with Gasteiger partial charge >= 0.3 is 18.1 Å². The SMILES string of the molecule is COc1ccc(C(CC(=O)OC(=O)C(F)(F)F)Cc2nc(CCCc3ccc4c(n3)NCCC4)no2)cc1OC. The summed E-state index contributed by atoms with van der Waals surface area (Å²) >= 11 is 0. The Kier molecular flexibility index (Phi) is 9.22. The molecule has 0 spiro atoms. The third-order valence-corrected chi connectivity index (χ3v) is 6.45. The molecule has 40 heavy (non-hydrogen) atoms. The summed E-state index contributed by atoms with van der Waals surface area (Å²) in [5.74, 6) is -2.34. The van der Waals surface area contributed by atoms with Gasteiger partial charge in [-0.05, 0) is 55.0 Å². The van der Waals surface area contributed by atoms with Crippen LogP contribution >= 0.6 is 0 Å². The summed E-state index contributed by atoms with van der Waals surface area (Å²) in [5.41, 5.74) is 2.69. The molecular formula is C27H29F3N4O6. The third kappa shape index (κ3) is 7.48. The van der Waals surface area contributed by atoms with Crippen LogP contribution in [0.15, 0.2) is 34.9 Å². The number of nitrogens with zero attached hydrogens (tertiary/aromatic N) is 3. The molecule has 0 aliphatic carbocycles. The molecule has 214 valence electrons. The number of ether oxygens (including phenoxy) is 3. The Bertz CT molecular complexity index is 1340. The number of aryl methyl sites for hydroxylation is 3. The molecule has 1 aromatic carbocycles. The Hall–Kier alpha value is -4.16. The minimum absolute atomic E-state index is 0.00976. The maximum Gasteiger partial charge on any atom is 0.491 e. The maximum absolute atomic E-state index is 12.6. The van der Waals surface area contributed by atoms with E-state index in [0.717, 1.165) is 37.3 Å². The fourth-order valence-corrected chi connectivity index (χ4v) is 4.44. The topological polar surface area (TPSA) is 126 Å². The van der Waals surface area contributed by atoms with Crippen molar-refractivity contribution >= 4 is 17.8 Å². The number of alkyl halides is 3. The summed E-state index contributed by atoms with van der Waals surface area (Å²) in [6.45, 7) is 0.912. The van der Waals surface area contributed by atoms with Crippen LogP contribution in [0.2, 0.25) is 0 Å². The zero-order valence-corrected chi connectivity index (χ0v) is 22.0. The average molecular weight is 563 g/mol. The molecule has 3 heterocycles. The summed E-state index contributed by atoms with van der Waals surface area (Å²) in [4.78, 5) is 32.5. The second kappa shape index (κ2) is 12.8. The Labute approximate surface area is 228 Å². The van der Waals surface area contributed by atoms with E-state index in [1.165, 1.54) is 19.8 Å². The van der Waals surface area contributed by atoms with Crippen LogP contribution in [-0.4, -0.2) is 54.0 Å². The van der Waals surface area contributed by atoms with Gasteiger partial charge in [0.25, 0.3) is 0 Å². The average Bonchev–Trinajstić information content (AvgIpc) is 3.38. The molecular weight excluding hydrogens is 533 g/mol. The molecule has 2 aromatic heterocycles. The highest BCUT2D eigenvalue weighted by Crippen LogP contribution is 2.33.